The van der Waals surface area contributed by atoms with Crippen LogP contribution in [0, 0.1) is 0 Å². The van der Waals surface area contributed by atoms with Crippen LogP contribution in [0.25, 0.3) is 0 Å². The first-order chi connectivity index (χ1) is 6.12. The second-order valence-corrected chi connectivity index (χ2v) is 3.50. The van der Waals surface area contributed by atoms with E-state index >= 15 is 0 Å². The van der Waals surface area contributed by atoms with Crippen molar-refractivity contribution in [1.82, 2.24) is 0 Å². The maximum atomic E-state index is 5.35. The first-order valence-corrected chi connectivity index (χ1v) is 4.60. The summed E-state index contributed by atoms with van der Waals surface area (Å²) in [5.74, 6) is 0. The Labute approximate surface area is 80.9 Å². The van der Waals surface area contributed by atoms with Gasteiger partial charge in [0.05, 0.1) is 12.2 Å². The summed E-state index contributed by atoms with van der Waals surface area (Å²) in [6, 6.07) is 0. The average Bonchev–Trinajstić information content (AvgIpc) is 2.11. The van der Waals surface area contributed by atoms with E-state index < -0.39 is 0 Å². The molecule has 0 saturated carbocycles. The van der Waals surface area contributed by atoms with E-state index in [1.165, 1.54) is 0 Å². The second-order valence-electron chi connectivity index (χ2n) is 3.50. The van der Waals surface area contributed by atoms with Crippen LogP contribution in [-0.2, 0) is 9.47 Å². The fourth-order valence-electron chi connectivity index (χ4n) is 0.736. The fourth-order valence-corrected chi connectivity index (χ4v) is 0.736. The third-order valence-electron chi connectivity index (χ3n) is 1.92. The Hall–Kier alpha value is -0.380. The molecule has 0 radical (unpaired) electrons. The fraction of sp³-hybridized carbons (Fsp3) is 0.800. The van der Waals surface area contributed by atoms with Gasteiger partial charge in [-0.25, -0.2) is 0 Å². The zero-order valence-corrected chi connectivity index (χ0v) is 8.88. The minimum absolute atomic E-state index is 0.0857. The van der Waals surface area contributed by atoms with Crippen molar-refractivity contribution >= 4 is 0 Å². The quantitative estimate of drug-likeness (QED) is 0.483. The van der Waals surface area contributed by atoms with E-state index in [1.807, 2.05) is 26.0 Å². The lowest BCUT2D eigenvalue weighted by atomic mass is 10.1. The molecule has 0 heterocycles. The minimum Gasteiger partial charge on any atom is -0.379 e. The van der Waals surface area contributed by atoms with Gasteiger partial charge in [-0.05, 0) is 20.3 Å². The summed E-state index contributed by atoms with van der Waals surface area (Å²) in [7, 11) is 1.72. The summed E-state index contributed by atoms with van der Waals surface area (Å²) in [5.41, 5.74) is 5.19. The van der Waals surface area contributed by atoms with Crippen LogP contribution in [0.4, 0.5) is 0 Å². The number of methoxy groups -OCH3 is 1. The molecule has 3 nitrogen and oxygen atoms in total. The zero-order valence-electron chi connectivity index (χ0n) is 8.88. The van der Waals surface area contributed by atoms with Gasteiger partial charge in [0.25, 0.3) is 0 Å². The Bertz CT molecular complexity index is 144. The number of rotatable bonds is 7. The van der Waals surface area contributed by atoms with Gasteiger partial charge >= 0.3 is 0 Å². The lowest BCUT2D eigenvalue weighted by molar-refractivity contribution is -0.00654. The molecule has 0 aliphatic carbocycles. The van der Waals surface area contributed by atoms with E-state index in [0.29, 0.717) is 13.2 Å². The Morgan fingerprint density at radius 2 is 2.00 bits per heavy atom. The summed E-state index contributed by atoms with van der Waals surface area (Å²) in [5, 5.41) is 0. The first-order valence-electron chi connectivity index (χ1n) is 4.60. The van der Waals surface area contributed by atoms with Gasteiger partial charge in [0.1, 0.15) is 0 Å². The summed E-state index contributed by atoms with van der Waals surface area (Å²) >= 11 is 0. The molecule has 0 atom stereocenters. The highest BCUT2D eigenvalue weighted by atomic mass is 16.5. The zero-order chi connectivity index (χ0) is 10.2. The molecule has 13 heavy (non-hydrogen) atoms. The van der Waals surface area contributed by atoms with Crippen LogP contribution in [0.15, 0.2) is 12.2 Å². The molecule has 2 N–H and O–H groups in total. The summed E-state index contributed by atoms with van der Waals surface area (Å²) < 4.78 is 10.6. The number of hydrogen-bond acceptors (Lipinski definition) is 3. The van der Waals surface area contributed by atoms with E-state index in [4.69, 9.17) is 15.2 Å². The van der Waals surface area contributed by atoms with Gasteiger partial charge < -0.3 is 15.2 Å². The molecular formula is C10H21NO2. The molecule has 0 aromatic rings. The van der Waals surface area contributed by atoms with Gasteiger partial charge in [-0.3, -0.25) is 0 Å². The molecule has 0 spiro atoms. The van der Waals surface area contributed by atoms with E-state index in [2.05, 4.69) is 0 Å². The first kappa shape index (κ1) is 12.6. The number of hydrogen-bond donors (Lipinski definition) is 1. The lowest BCUT2D eigenvalue weighted by Gasteiger charge is -2.22. The van der Waals surface area contributed by atoms with Gasteiger partial charge in [-0.2, -0.15) is 0 Å². The van der Waals surface area contributed by atoms with E-state index in [0.717, 1.165) is 13.0 Å². The van der Waals surface area contributed by atoms with Crippen molar-refractivity contribution in [2.24, 2.45) is 5.73 Å². The van der Waals surface area contributed by atoms with Crippen molar-refractivity contribution in [3.8, 4) is 0 Å². The topological polar surface area (TPSA) is 44.5 Å². The van der Waals surface area contributed by atoms with Gasteiger partial charge in [0.15, 0.2) is 0 Å². The Balaban J connectivity index is 3.30. The Morgan fingerprint density at radius 1 is 1.31 bits per heavy atom. The predicted octanol–water partition coefficient (Wildman–Crippen LogP) is 1.33. The molecule has 0 aliphatic heterocycles. The van der Waals surface area contributed by atoms with Crippen molar-refractivity contribution in [3.63, 3.8) is 0 Å². The van der Waals surface area contributed by atoms with Crippen LogP contribution >= 0.6 is 0 Å². The van der Waals surface area contributed by atoms with Crippen LogP contribution in [0.1, 0.15) is 20.3 Å². The molecule has 78 valence electrons. The van der Waals surface area contributed by atoms with Gasteiger partial charge in [-0.1, -0.05) is 12.2 Å². The monoisotopic (exact) mass is 187 g/mol. The highest BCUT2D eigenvalue weighted by Crippen LogP contribution is 2.12. The Kier molecular flexibility index (Phi) is 6.86. The minimum atomic E-state index is -0.0857. The van der Waals surface area contributed by atoms with Crippen molar-refractivity contribution in [2.45, 2.75) is 25.9 Å². The maximum absolute atomic E-state index is 5.35. The van der Waals surface area contributed by atoms with Crippen molar-refractivity contribution in [1.29, 1.82) is 0 Å². The molecular weight excluding hydrogens is 166 g/mol. The van der Waals surface area contributed by atoms with Crippen molar-refractivity contribution in [3.05, 3.63) is 12.2 Å². The SMILES string of the molecule is COC(C)(C)CCOC/C=C/CN. The predicted molar refractivity (Wildman–Crippen MR) is 54.7 cm³/mol. The van der Waals surface area contributed by atoms with Crippen LogP contribution in [0.5, 0.6) is 0 Å². The highest BCUT2D eigenvalue weighted by Gasteiger charge is 2.14. The molecule has 0 aromatic heterocycles. The van der Waals surface area contributed by atoms with Crippen LogP contribution in [0.3, 0.4) is 0 Å². The van der Waals surface area contributed by atoms with Gasteiger partial charge in [0.2, 0.25) is 0 Å². The smallest absolute Gasteiger partial charge is 0.0647 e. The lowest BCUT2D eigenvalue weighted by Crippen LogP contribution is -2.24. The van der Waals surface area contributed by atoms with Gasteiger partial charge in [0, 0.05) is 20.3 Å². The molecule has 0 unspecified atom stereocenters. The van der Waals surface area contributed by atoms with E-state index in [9.17, 15) is 0 Å². The molecule has 0 bridgehead atoms. The number of nitrogens with two attached hydrogens (primary N) is 1. The molecule has 3 heteroatoms. The van der Waals surface area contributed by atoms with Gasteiger partial charge in [-0.15, -0.1) is 0 Å². The molecule has 0 rings (SSSR count). The summed E-state index contributed by atoms with van der Waals surface area (Å²) in [4.78, 5) is 0. The molecule has 0 saturated heterocycles. The van der Waals surface area contributed by atoms with Crippen molar-refractivity contribution in [2.75, 3.05) is 26.9 Å². The average molecular weight is 187 g/mol. The third-order valence-corrected chi connectivity index (χ3v) is 1.92. The normalized spacial score (nSPS) is 12.6. The van der Waals surface area contributed by atoms with Crippen LogP contribution in [0.2, 0.25) is 0 Å². The summed E-state index contributed by atoms with van der Waals surface area (Å²) in [6.07, 6.45) is 4.72. The molecule has 0 amide bonds. The van der Waals surface area contributed by atoms with Crippen molar-refractivity contribution < 1.29 is 9.47 Å². The molecule has 0 fully saturated rings. The molecule has 0 aliphatic rings. The second kappa shape index (κ2) is 7.06. The standard InChI is InChI=1S/C10H21NO2/c1-10(2,12-3)6-9-13-8-5-4-7-11/h4-5H,6-9,11H2,1-3H3/b5-4+. The third kappa shape index (κ3) is 7.96. The maximum Gasteiger partial charge on any atom is 0.0647 e. The van der Waals surface area contributed by atoms with Crippen LogP contribution < -0.4 is 5.73 Å². The van der Waals surface area contributed by atoms with Crippen LogP contribution in [-0.4, -0.2) is 32.5 Å². The summed E-state index contributed by atoms with van der Waals surface area (Å²) in [6.45, 7) is 6.03. The number of ether oxygens (including phenoxy) is 2. The van der Waals surface area contributed by atoms with E-state index in [-0.39, 0.29) is 5.60 Å². The molecule has 0 aromatic carbocycles. The highest BCUT2D eigenvalue weighted by molar-refractivity contribution is 4.82. The largest absolute Gasteiger partial charge is 0.379 e. The Morgan fingerprint density at radius 3 is 2.54 bits per heavy atom. The van der Waals surface area contributed by atoms with E-state index in [1.54, 1.807) is 7.11 Å².